The van der Waals surface area contributed by atoms with Gasteiger partial charge in [0.05, 0.1) is 18.5 Å². The molecular weight excluding hydrogens is 270 g/mol. The van der Waals surface area contributed by atoms with Gasteiger partial charge in [-0.1, -0.05) is 0 Å². The van der Waals surface area contributed by atoms with Crippen LogP contribution in [0.5, 0.6) is 0 Å². The predicted molar refractivity (Wildman–Crippen MR) is 80.5 cm³/mol. The van der Waals surface area contributed by atoms with E-state index < -0.39 is 0 Å². The Morgan fingerprint density at radius 3 is 2.80 bits per heavy atom. The summed E-state index contributed by atoms with van der Waals surface area (Å²) in [6.45, 7) is 3.29. The van der Waals surface area contributed by atoms with Gasteiger partial charge in [-0.05, 0) is 31.2 Å². The molecule has 106 valence electrons. The number of nitrogens with zero attached hydrogens (tertiary/aromatic N) is 1. The maximum absolute atomic E-state index is 12.4. The Labute approximate surface area is 121 Å². The molecule has 0 unspecified atom stereocenters. The number of H-pyrrole nitrogens is 1. The van der Waals surface area contributed by atoms with Crippen LogP contribution in [0.4, 0.5) is 0 Å². The van der Waals surface area contributed by atoms with Crippen LogP contribution in [0.15, 0.2) is 4.79 Å². The van der Waals surface area contributed by atoms with Gasteiger partial charge >= 0.3 is 0 Å². The van der Waals surface area contributed by atoms with Gasteiger partial charge < -0.3 is 9.88 Å². The minimum Gasteiger partial charge on any atom is -0.329 e. The summed E-state index contributed by atoms with van der Waals surface area (Å²) >= 11 is 1.75. The average molecular weight is 290 g/mol. The molecule has 5 heteroatoms. The largest absolute Gasteiger partial charge is 0.329 e. The Kier molecular flexibility index (Phi) is 3.11. The number of hydrogen-bond acceptors (Lipinski definition) is 3. The highest BCUT2D eigenvalue weighted by Crippen LogP contribution is 2.33. The Morgan fingerprint density at radius 1 is 1.15 bits per heavy atom. The number of quaternary nitrogens is 1. The maximum Gasteiger partial charge on any atom is 0.260 e. The molecule has 3 heterocycles. The van der Waals surface area contributed by atoms with E-state index in [9.17, 15) is 4.79 Å². The molecule has 2 N–H and O–H groups in total. The molecule has 0 spiro atoms. The van der Waals surface area contributed by atoms with Crippen molar-refractivity contribution in [1.82, 2.24) is 9.97 Å². The van der Waals surface area contributed by atoms with E-state index in [1.807, 2.05) is 0 Å². The van der Waals surface area contributed by atoms with Gasteiger partial charge in [0.15, 0.2) is 5.82 Å². The molecule has 2 aromatic heterocycles. The molecule has 2 aromatic rings. The smallest absolute Gasteiger partial charge is 0.260 e. The minimum absolute atomic E-state index is 0.0861. The second-order valence-electron chi connectivity index (χ2n) is 6.04. The van der Waals surface area contributed by atoms with E-state index in [-0.39, 0.29) is 5.56 Å². The van der Waals surface area contributed by atoms with Crippen molar-refractivity contribution in [1.29, 1.82) is 0 Å². The van der Waals surface area contributed by atoms with Crippen molar-refractivity contribution in [3.05, 3.63) is 26.6 Å². The van der Waals surface area contributed by atoms with Crippen LogP contribution in [0.25, 0.3) is 10.2 Å². The summed E-state index contributed by atoms with van der Waals surface area (Å²) in [7, 11) is 0. The number of fused-ring (bicyclic) bond motifs is 3. The molecule has 2 aliphatic rings. The highest BCUT2D eigenvalue weighted by atomic mass is 32.1. The molecule has 1 saturated heterocycles. The molecule has 0 aromatic carbocycles. The molecule has 0 amide bonds. The number of thiophene rings is 1. The first-order valence-corrected chi connectivity index (χ1v) is 8.50. The standard InChI is InChI=1S/C15H19N3OS/c19-14-13-10-5-1-2-6-11(10)20-15(13)17-12(16-14)9-18-7-3-4-8-18/h1-9H2,(H,16,17,19)/p+1. The van der Waals surface area contributed by atoms with Gasteiger partial charge in [0.2, 0.25) is 0 Å². The molecule has 4 nitrogen and oxygen atoms in total. The fraction of sp³-hybridized carbons (Fsp3) is 0.600. The van der Waals surface area contributed by atoms with E-state index in [0.717, 1.165) is 35.4 Å². The van der Waals surface area contributed by atoms with Gasteiger partial charge in [0, 0.05) is 17.7 Å². The summed E-state index contributed by atoms with van der Waals surface area (Å²) in [5, 5.41) is 0.880. The van der Waals surface area contributed by atoms with Gasteiger partial charge in [-0.15, -0.1) is 11.3 Å². The molecule has 0 atom stereocenters. The third kappa shape index (κ3) is 2.09. The van der Waals surface area contributed by atoms with Crippen molar-refractivity contribution in [3.8, 4) is 0 Å². The van der Waals surface area contributed by atoms with Gasteiger partial charge in [-0.3, -0.25) is 4.79 Å². The fourth-order valence-corrected chi connectivity index (χ4v) is 4.86. The lowest BCUT2D eigenvalue weighted by Gasteiger charge is -2.11. The zero-order chi connectivity index (χ0) is 13.5. The van der Waals surface area contributed by atoms with Crippen molar-refractivity contribution in [3.63, 3.8) is 0 Å². The molecule has 4 rings (SSSR count). The molecule has 0 radical (unpaired) electrons. The number of likely N-dealkylation sites (tertiary alicyclic amines) is 1. The average Bonchev–Trinajstić information content (AvgIpc) is 3.05. The van der Waals surface area contributed by atoms with Crippen LogP contribution < -0.4 is 10.5 Å². The van der Waals surface area contributed by atoms with Crippen LogP contribution in [-0.4, -0.2) is 23.1 Å². The Morgan fingerprint density at radius 2 is 1.95 bits per heavy atom. The number of hydrogen-bond donors (Lipinski definition) is 2. The van der Waals surface area contributed by atoms with Gasteiger partial charge in [-0.2, -0.15) is 0 Å². The summed E-state index contributed by atoms with van der Waals surface area (Å²) in [4.78, 5) is 24.1. The van der Waals surface area contributed by atoms with Crippen LogP contribution in [0.1, 0.15) is 41.9 Å². The third-order valence-electron chi connectivity index (χ3n) is 4.60. The highest BCUT2D eigenvalue weighted by molar-refractivity contribution is 7.18. The lowest BCUT2D eigenvalue weighted by molar-refractivity contribution is -0.902. The highest BCUT2D eigenvalue weighted by Gasteiger charge is 2.21. The van der Waals surface area contributed by atoms with Crippen LogP contribution >= 0.6 is 11.3 Å². The number of rotatable bonds is 2. The SMILES string of the molecule is O=c1[nH]c(C[NH+]2CCCC2)nc2sc3c(c12)CCCC3. The van der Waals surface area contributed by atoms with E-state index in [0.29, 0.717) is 0 Å². The van der Waals surface area contributed by atoms with Crippen LogP contribution in [0, 0.1) is 0 Å². The molecule has 0 bridgehead atoms. The second-order valence-corrected chi connectivity index (χ2v) is 7.12. The van der Waals surface area contributed by atoms with E-state index in [1.54, 1.807) is 16.2 Å². The van der Waals surface area contributed by atoms with Crippen LogP contribution in [0.3, 0.4) is 0 Å². The first-order valence-electron chi connectivity index (χ1n) is 7.68. The molecule has 1 aliphatic heterocycles. The second kappa shape index (κ2) is 4.97. The summed E-state index contributed by atoms with van der Waals surface area (Å²) in [6, 6.07) is 0. The molecule has 20 heavy (non-hydrogen) atoms. The van der Waals surface area contributed by atoms with Crippen molar-refractivity contribution in [2.45, 2.75) is 45.1 Å². The van der Waals surface area contributed by atoms with Gasteiger partial charge in [0.1, 0.15) is 11.4 Å². The van der Waals surface area contributed by atoms with E-state index >= 15 is 0 Å². The van der Waals surface area contributed by atoms with Crippen molar-refractivity contribution in [2.75, 3.05) is 13.1 Å². The number of nitrogens with one attached hydrogen (secondary N) is 2. The van der Waals surface area contributed by atoms with Crippen LogP contribution in [-0.2, 0) is 19.4 Å². The lowest BCUT2D eigenvalue weighted by Crippen LogP contribution is -3.08. The summed E-state index contributed by atoms with van der Waals surface area (Å²) in [5.41, 5.74) is 1.37. The van der Waals surface area contributed by atoms with Crippen LogP contribution in [0.2, 0.25) is 0 Å². The molecule has 1 fully saturated rings. The number of aromatic nitrogens is 2. The fourth-order valence-electron chi connectivity index (χ4n) is 3.58. The maximum atomic E-state index is 12.4. The summed E-state index contributed by atoms with van der Waals surface area (Å²) < 4.78 is 0. The molecule has 1 aliphatic carbocycles. The topological polar surface area (TPSA) is 50.2 Å². The Hall–Kier alpha value is -1.20. The Bertz CT molecular complexity index is 697. The Balaban J connectivity index is 1.76. The molecular formula is C15H20N3OS+. The normalized spacial score (nSPS) is 19.6. The van der Waals surface area contributed by atoms with Crippen molar-refractivity contribution >= 4 is 21.6 Å². The minimum atomic E-state index is 0.0861. The lowest BCUT2D eigenvalue weighted by atomic mass is 9.97. The van der Waals surface area contributed by atoms with Crippen molar-refractivity contribution < 1.29 is 4.90 Å². The van der Waals surface area contributed by atoms with E-state index in [4.69, 9.17) is 4.98 Å². The van der Waals surface area contributed by atoms with Crippen molar-refractivity contribution in [2.24, 2.45) is 0 Å². The quantitative estimate of drug-likeness (QED) is 0.868. The number of aryl methyl sites for hydroxylation is 2. The first-order chi connectivity index (χ1) is 9.81. The van der Waals surface area contributed by atoms with Gasteiger partial charge in [-0.25, -0.2) is 4.98 Å². The molecule has 0 saturated carbocycles. The zero-order valence-corrected chi connectivity index (χ0v) is 12.4. The van der Waals surface area contributed by atoms with E-state index in [2.05, 4.69) is 4.98 Å². The monoisotopic (exact) mass is 290 g/mol. The number of aromatic amines is 1. The first kappa shape index (κ1) is 12.5. The predicted octanol–water partition coefficient (Wildman–Crippen LogP) is 1.04. The zero-order valence-electron chi connectivity index (χ0n) is 11.6. The summed E-state index contributed by atoms with van der Waals surface area (Å²) in [6.07, 6.45) is 7.24. The van der Waals surface area contributed by atoms with E-state index in [1.165, 1.54) is 49.2 Å². The summed E-state index contributed by atoms with van der Waals surface area (Å²) in [5.74, 6) is 0.873. The van der Waals surface area contributed by atoms with Gasteiger partial charge in [0.25, 0.3) is 5.56 Å². The third-order valence-corrected chi connectivity index (χ3v) is 5.79.